The summed E-state index contributed by atoms with van der Waals surface area (Å²) in [6, 6.07) is 6.24. The van der Waals surface area contributed by atoms with Gasteiger partial charge < -0.3 is 0 Å². The molecule has 0 bridgehead atoms. The van der Waals surface area contributed by atoms with Crippen LogP contribution in [0, 0.1) is 5.82 Å². The number of halogens is 2. The molecule has 4 heteroatoms. The van der Waals surface area contributed by atoms with Gasteiger partial charge in [-0.25, -0.2) is 14.4 Å². The van der Waals surface area contributed by atoms with Crippen molar-refractivity contribution in [2.45, 2.75) is 19.8 Å². The fourth-order valence-electron chi connectivity index (χ4n) is 1.72. The number of nitrogens with zero attached hydrogens (tertiary/aromatic N) is 2. The molecule has 0 radical (unpaired) electrons. The molecule has 0 fully saturated rings. The van der Waals surface area contributed by atoms with E-state index in [1.807, 2.05) is 0 Å². The van der Waals surface area contributed by atoms with Crippen molar-refractivity contribution in [1.29, 1.82) is 0 Å². The van der Waals surface area contributed by atoms with Gasteiger partial charge in [-0.05, 0) is 30.7 Å². The summed E-state index contributed by atoms with van der Waals surface area (Å²) in [5.74, 6) is -0.258. The second kappa shape index (κ2) is 5.23. The van der Waals surface area contributed by atoms with Crippen LogP contribution in [0.3, 0.4) is 0 Å². The number of benzene rings is 1. The van der Waals surface area contributed by atoms with Gasteiger partial charge in [0.05, 0.1) is 5.69 Å². The van der Waals surface area contributed by atoms with Gasteiger partial charge in [-0.15, -0.1) is 0 Å². The molecule has 88 valence electrons. The van der Waals surface area contributed by atoms with Crippen molar-refractivity contribution in [2.75, 3.05) is 0 Å². The minimum absolute atomic E-state index is 0.258. The molecule has 2 nitrogen and oxygen atoms in total. The van der Waals surface area contributed by atoms with Gasteiger partial charge in [0.25, 0.3) is 0 Å². The van der Waals surface area contributed by atoms with Crippen LogP contribution in [0.1, 0.15) is 18.9 Å². The predicted octanol–water partition coefficient (Wildman–Crippen LogP) is 3.89. The molecule has 0 unspecified atom stereocenters. The van der Waals surface area contributed by atoms with Gasteiger partial charge in [0, 0.05) is 11.1 Å². The van der Waals surface area contributed by atoms with E-state index in [1.165, 1.54) is 18.5 Å². The largest absolute Gasteiger partial charge is 0.236 e. The minimum atomic E-state index is -0.258. The first-order valence-corrected chi connectivity index (χ1v) is 5.85. The van der Waals surface area contributed by atoms with Crippen molar-refractivity contribution in [3.63, 3.8) is 0 Å². The number of hydrogen-bond acceptors (Lipinski definition) is 2. The molecule has 1 aromatic carbocycles. The molecule has 0 aliphatic heterocycles. The lowest BCUT2D eigenvalue weighted by Gasteiger charge is -2.08. The number of rotatable bonds is 3. The lowest BCUT2D eigenvalue weighted by molar-refractivity contribution is 0.628. The summed E-state index contributed by atoms with van der Waals surface area (Å²) >= 11 is 6.06. The molecule has 0 spiro atoms. The predicted molar refractivity (Wildman–Crippen MR) is 66.4 cm³/mol. The molecule has 0 N–H and O–H groups in total. The normalized spacial score (nSPS) is 10.5. The molecule has 0 saturated carbocycles. The highest BCUT2D eigenvalue weighted by atomic mass is 35.5. The summed E-state index contributed by atoms with van der Waals surface area (Å²) in [7, 11) is 0. The topological polar surface area (TPSA) is 25.8 Å². The molecule has 0 aliphatic rings. The third-order valence-electron chi connectivity index (χ3n) is 2.51. The zero-order valence-electron chi connectivity index (χ0n) is 9.45. The van der Waals surface area contributed by atoms with E-state index in [9.17, 15) is 4.39 Å². The molecular formula is C13H12ClFN2. The third-order valence-corrected chi connectivity index (χ3v) is 2.84. The maximum Gasteiger partial charge on any atom is 0.136 e. The zero-order chi connectivity index (χ0) is 12.3. The zero-order valence-corrected chi connectivity index (χ0v) is 10.2. The summed E-state index contributed by atoms with van der Waals surface area (Å²) in [4.78, 5) is 8.22. The minimum Gasteiger partial charge on any atom is -0.236 e. The van der Waals surface area contributed by atoms with Crippen LogP contribution in [0.2, 0.25) is 5.15 Å². The van der Waals surface area contributed by atoms with E-state index in [2.05, 4.69) is 16.9 Å². The van der Waals surface area contributed by atoms with Crippen LogP contribution in [0.5, 0.6) is 0 Å². The maximum atomic E-state index is 12.9. The number of hydrogen-bond donors (Lipinski definition) is 0. The highest BCUT2D eigenvalue weighted by Gasteiger charge is 2.10. The van der Waals surface area contributed by atoms with Crippen molar-refractivity contribution in [3.8, 4) is 11.3 Å². The second-order valence-electron chi connectivity index (χ2n) is 3.75. The Bertz CT molecular complexity index is 511. The third kappa shape index (κ3) is 2.61. The van der Waals surface area contributed by atoms with Gasteiger partial charge >= 0.3 is 0 Å². The maximum absolute atomic E-state index is 12.9. The van der Waals surface area contributed by atoms with Gasteiger partial charge in [0.15, 0.2) is 0 Å². The van der Waals surface area contributed by atoms with E-state index in [0.717, 1.165) is 29.7 Å². The summed E-state index contributed by atoms with van der Waals surface area (Å²) in [5.41, 5.74) is 2.56. The summed E-state index contributed by atoms with van der Waals surface area (Å²) in [6.45, 7) is 2.07. The molecule has 1 heterocycles. The van der Waals surface area contributed by atoms with Crippen LogP contribution in [-0.4, -0.2) is 9.97 Å². The van der Waals surface area contributed by atoms with Gasteiger partial charge in [-0.1, -0.05) is 24.9 Å². The molecular weight excluding hydrogens is 239 g/mol. The monoisotopic (exact) mass is 250 g/mol. The molecule has 0 saturated heterocycles. The van der Waals surface area contributed by atoms with E-state index >= 15 is 0 Å². The molecule has 2 rings (SSSR count). The first kappa shape index (κ1) is 12.0. The fraction of sp³-hybridized carbons (Fsp3) is 0.231. The Hall–Kier alpha value is -1.48. The Morgan fingerprint density at radius 2 is 1.88 bits per heavy atom. The number of aromatic nitrogens is 2. The van der Waals surface area contributed by atoms with E-state index in [-0.39, 0.29) is 5.82 Å². The molecule has 17 heavy (non-hydrogen) atoms. The SMILES string of the molecule is CCCc1c(Cl)ncnc1-c1ccc(F)cc1. The van der Waals surface area contributed by atoms with Crippen LogP contribution in [-0.2, 0) is 6.42 Å². The van der Waals surface area contributed by atoms with Crippen molar-refractivity contribution in [3.05, 3.63) is 47.1 Å². The van der Waals surface area contributed by atoms with E-state index in [4.69, 9.17) is 11.6 Å². The molecule has 0 amide bonds. The van der Waals surface area contributed by atoms with Crippen molar-refractivity contribution >= 4 is 11.6 Å². The molecule has 0 atom stereocenters. The Balaban J connectivity index is 2.50. The average molecular weight is 251 g/mol. The highest BCUT2D eigenvalue weighted by Crippen LogP contribution is 2.26. The van der Waals surface area contributed by atoms with Crippen molar-refractivity contribution < 1.29 is 4.39 Å². The smallest absolute Gasteiger partial charge is 0.136 e. The Morgan fingerprint density at radius 1 is 1.18 bits per heavy atom. The lowest BCUT2D eigenvalue weighted by atomic mass is 10.0. The molecule has 0 aliphatic carbocycles. The fourth-order valence-corrected chi connectivity index (χ4v) is 1.95. The second-order valence-corrected chi connectivity index (χ2v) is 4.11. The average Bonchev–Trinajstić information content (AvgIpc) is 2.33. The van der Waals surface area contributed by atoms with Crippen molar-refractivity contribution in [1.82, 2.24) is 9.97 Å². The summed E-state index contributed by atoms with van der Waals surface area (Å²) in [6.07, 6.45) is 3.20. The first-order chi connectivity index (χ1) is 8.22. The van der Waals surface area contributed by atoms with Gasteiger partial charge in [0.2, 0.25) is 0 Å². The van der Waals surface area contributed by atoms with E-state index in [1.54, 1.807) is 12.1 Å². The van der Waals surface area contributed by atoms with Gasteiger partial charge in [-0.2, -0.15) is 0 Å². The Labute approximate surface area is 104 Å². The Kier molecular flexibility index (Phi) is 3.69. The molecule has 2 aromatic rings. The quantitative estimate of drug-likeness (QED) is 0.773. The summed E-state index contributed by atoms with van der Waals surface area (Å²) < 4.78 is 12.9. The van der Waals surface area contributed by atoms with Crippen LogP contribution < -0.4 is 0 Å². The van der Waals surface area contributed by atoms with Gasteiger partial charge in [-0.3, -0.25) is 0 Å². The van der Waals surface area contributed by atoms with Crippen molar-refractivity contribution in [2.24, 2.45) is 0 Å². The van der Waals surface area contributed by atoms with E-state index < -0.39 is 0 Å². The standard InChI is InChI=1S/C13H12ClFN2/c1-2-3-11-12(16-8-17-13(11)14)9-4-6-10(15)7-5-9/h4-8H,2-3H2,1H3. The highest BCUT2D eigenvalue weighted by molar-refractivity contribution is 6.30. The van der Waals surface area contributed by atoms with E-state index in [0.29, 0.717) is 5.15 Å². The Morgan fingerprint density at radius 3 is 2.53 bits per heavy atom. The van der Waals surface area contributed by atoms with Crippen LogP contribution in [0.25, 0.3) is 11.3 Å². The first-order valence-electron chi connectivity index (χ1n) is 5.47. The lowest BCUT2D eigenvalue weighted by Crippen LogP contribution is -1.96. The van der Waals surface area contributed by atoms with Crippen LogP contribution >= 0.6 is 11.6 Å². The van der Waals surface area contributed by atoms with Crippen LogP contribution in [0.4, 0.5) is 4.39 Å². The van der Waals surface area contributed by atoms with Crippen LogP contribution in [0.15, 0.2) is 30.6 Å². The summed E-state index contributed by atoms with van der Waals surface area (Å²) in [5, 5.41) is 0.473. The molecule has 1 aromatic heterocycles. The van der Waals surface area contributed by atoms with Gasteiger partial charge in [0.1, 0.15) is 17.3 Å².